The zero-order chi connectivity index (χ0) is 17.0. The third kappa shape index (κ3) is 4.62. The molecule has 0 fully saturated rings. The number of carbonyl (C=O) groups is 1. The molecule has 4 nitrogen and oxygen atoms in total. The van der Waals surface area contributed by atoms with Crippen LogP contribution in [0.25, 0.3) is 10.6 Å². The molecule has 124 valence electrons. The van der Waals surface area contributed by atoms with Crippen molar-refractivity contribution in [3.05, 3.63) is 40.9 Å². The molecule has 2 N–H and O–H groups in total. The van der Waals surface area contributed by atoms with Gasteiger partial charge in [0, 0.05) is 34.8 Å². The van der Waals surface area contributed by atoms with Gasteiger partial charge in [0.2, 0.25) is 0 Å². The van der Waals surface area contributed by atoms with Gasteiger partial charge in [-0.1, -0.05) is 32.9 Å². The summed E-state index contributed by atoms with van der Waals surface area (Å²) in [5.74, 6) is -0.117. The molecule has 5 heteroatoms. The third-order valence-electron chi connectivity index (χ3n) is 3.76. The van der Waals surface area contributed by atoms with E-state index in [0.717, 1.165) is 16.3 Å². The Morgan fingerprint density at radius 1 is 1.39 bits per heavy atom. The second-order valence-corrected chi connectivity index (χ2v) is 7.64. The van der Waals surface area contributed by atoms with E-state index in [1.54, 1.807) is 17.4 Å². The molecule has 0 saturated heterocycles. The molecule has 1 heterocycles. The fraction of sp³-hybridized carbons (Fsp3) is 0.444. The molecule has 0 aliphatic rings. The molecule has 2 rings (SSSR count). The molecule has 0 spiro atoms. The van der Waals surface area contributed by atoms with Crippen LogP contribution >= 0.6 is 11.3 Å². The van der Waals surface area contributed by atoms with Crippen molar-refractivity contribution in [3.63, 3.8) is 0 Å². The van der Waals surface area contributed by atoms with E-state index in [4.69, 9.17) is 0 Å². The predicted octanol–water partition coefficient (Wildman–Crippen LogP) is 3.65. The minimum Gasteiger partial charge on any atom is -0.396 e. The Hall–Kier alpha value is -1.72. The summed E-state index contributed by atoms with van der Waals surface area (Å²) in [6.45, 7) is 8.19. The average Bonchev–Trinajstić information content (AvgIpc) is 2.92. The van der Waals surface area contributed by atoms with Gasteiger partial charge in [-0.3, -0.25) is 4.79 Å². The fourth-order valence-electron chi connectivity index (χ4n) is 2.37. The topological polar surface area (TPSA) is 62.2 Å². The minimum atomic E-state index is -0.117. The molecule has 0 aliphatic heterocycles. The van der Waals surface area contributed by atoms with Crippen LogP contribution < -0.4 is 5.32 Å². The summed E-state index contributed by atoms with van der Waals surface area (Å²) < 4.78 is 0. The van der Waals surface area contributed by atoms with Gasteiger partial charge in [-0.05, 0) is 30.9 Å². The normalized spacial score (nSPS) is 12.9. The van der Waals surface area contributed by atoms with E-state index < -0.39 is 0 Å². The zero-order valence-corrected chi connectivity index (χ0v) is 14.9. The number of amides is 1. The number of thiazole rings is 1. The second kappa shape index (κ2) is 7.23. The van der Waals surface area contributed by atoms with Gasteiger partial charge in [0.05, 0.1) is 0 Å². The second-order valence-electron chi connectivity index (χ2n) is 6.78. The van der Waals surface area contributed by atoms with Crippen LogP contribution in [0, 0.1) is 12.3 Å². The first-order valence-corrected chi connectivity index (χ1v) is 8.63. The Morgan fingerprint density at radius 2 is 2.13 bits per heavy atom. The zero-order valence-electron chi connectivity index (χ0n) is 14.1. The first kappa shape index (κ1) is 17.6. The highest BCUT2D eigenvalue weighted by atomic mass is 32.1. The number of nitrogens with zero attached hydrogens (tertiary/aromatic N) is 1. The largest absolute Gasteiger partial charge is 0.396 e. The van der Waals surface area contributed by atoms with Gasteiger partial charge >= 0.3 is 0 Å². The first-order valence-electron chi connectivity index (χ1n) is 7.75. The molecular formula is C18H24N2O2S. The summed E-state index contributed by atoms with van der Waals surface area (Å²) >= 11 is 1.57. The van der Waals surface area contributed by atoms with Crippen molar-refractivity contribution in [1.82, 2.24) is 10.3 Å². The Bertz CT molecular complexity index is 674. The molecule has 2 aromatic rings. The van der Waals surface area contributed by atoms with E-state index in [-0.39, 0.29) is 24.0 Å². The van der Waals surface area contributed by atoms with Gasteiger partial charge < -0.3 is 10.4 Å². The summed E-state index contributed by atoms with van der Waals surface area (Å²) in [4.78, 5) is 17.0. The Kier molecular flexibility index (Phi) is 5.55. The number of benzene rings is 1. The van der Waals surface area contributed by atoms with E-state index >= 15 is 0 Å². The molecule has 1 amide bonds. The van der Waals surface area contributed by atoms with Crippen LogP contribution in [0.2, 0.25) is 0 Å². The monoisotopic (exact) mass is 332 g/mol. The number of aliphatic hydroxyl groups excluding tert-OH is 1. The van der Waals surface area contributed by atoms with Crippen LogP contribution in [0.15, 0.2) is 29.6 Å². The third-order valence-corrected chi connectivity index (χ3v) is 4.77. The molecular weight excluding hydrogens is 308 g/mol. The SMILES string of the molecule is Cc1csc(-c2cccc(C(=O)NC(CCO)C(C)(C)C)c2)n1. The summed E-state index contributed by atoms with van der Waals surface area (Å²) in [6, 6.07) is 7.43. The van der Waals surface area contributed by atoms with Gasteiger partial charge in [0.1, 0.15) is 5.01 Å². The molecule has 0 saturated carbocycles. The number of carbonyl (C=O) groups excluding carboxylic acids is 1. The van der Waals surface area contributed by atoms with E-state index in [9.17, 15) is 9.90 Å². The van der Waals surface area contributed by atoms with Gasteiger partial charge in [0.25, 0.3) is 5.91 Å². The molecule has 1 atom stereocenters. The lowest BCUT2D eigenvalue weighted by Gasteiger charge is -2.31. The lowest BCUT2D eigenvalue weighted by Crippen LogP contribution is -2.44. The Morgan fingerprint density at radius 3 is 2.70 bits per heavy atom. The maximum Gasteiger partial charge on any atom is 0.251 e. The van der Waals surface area contributed by atoms with Crippen LogP contribution in [-0.4, -0.2) is 28.6 Å². The van der Waals surface area contributed by atoms with Crippen molar-refractivity contribution in [2.75, 3.05) is 6.61 Å². The number of aromatic nitrogens is 1. The summed E-state index contributed by atoms with van der Waals surface area (Å²) in [5.41, 5.74) is 2.44. The van der Waals surface area contributed by atoms with Crippen LogP contribution in [0.1, 0.15) is 43.2 Å². The molecule has 1 aromatic carbocycles. The Labute approximate surface area is 141 Å². The van der Waals surface area contributed by atoms with E-state index in [1.165, 1.54) is 0 Å². The summed E-state index contributed by atoms with van der Waals surface area (Å²) in [5, 5.41) is 15.2. The maximum absolute atomic E-state index is 12.6. The molecule has 0 aliphatic carbocycles. The number of aryl methyl sites for hydroxylation is 1. The highest BCUT2D eigenvalue weighted by Crippen LogP contribution is 2.25. The minimum absolute atomic E-state index is 0.0562. The van der Waals surface area contributed by atoms with Gasteiger partial charge in [-0.25, -0.2) is 4.98 Å². The van der Waals surface area contributed by atoms with Crippen molar-refractivity contribution in [3.8, 4) is 10.6 Å². The van der Waals surface area contributed by atoms with E-state index in [1.807, 2.05) is 30.5 Å². The van der Waals surface area contributed by atoms with Crippen LogP contribution in [0.4, 0.5) is 0 Å². The molecule has 1 unspecified atom stereocenters. The highest BCUT2D eigenvalue weighted by molar-refractivity contribution is 7.13. The molecule has 1 aromatic heterocycles. The average molecular weight is 332 g/mol. The van der Waals surface area contributed by atoms with Gasteiger partial charge in [0.15, 0.2) is 0 Å². The number of rotatable bonds is 5. The lowest BCUT2D eigenvalue weighted by molar-refractivity contribution is 0.0885. The summed E-state index contributed by atoms with van der Waals surface area (Å²) in [6.07, 6.45) is 0.542. The van der Waals surface area contributed by atoms with Gasteiger partial charge in [-0.15, -0.1) is 11.3 Å². The van der Waals surface area contributed by atoms with E-state index in [2.05, 4.69) is 31.1 Å². The molecule has 23 heavy (non-hydrogen) atoms. The number of hydrogen-bond acceptors (Lipinski definition) is 4. The number of hydrogen-bond donors (Lipinski definition) is 2. The van der Waals surface area contributed by atoms with Crippen LogP contribution in [-0.2, 0) is 0 Å². The van der Waals surface area contributed by atoms with Crippen molar-refractivity contribution in [2.45, 2.75) is 40.2 Å². The van der Waals surface area contributed by atoms with Gasteiger partial charge in [-0.2, -0.15) is 0 Å². The van der Waals surface area contributed by atoms with Crippen LogP contribution in [0.3, 0.4) is 0 Å². The van der Waals surface area contributed by atoms with Crippen molar-refractivity contribution in [1.29, 1.82) is 0 Å². The van der Waals surface area contributed by atoms with Crippen molar-refractivity contribution >= 4 is 17.2 Å². The predicted molar refractivity (Wildman–Crippen MR) is 94.7 cm³/mol. The van der Waals surface area contributed by atoms with Crippen LogP contribution in [0.5, 0.6) is 0 Å². The standard InChI is InChI=1S/C18H24N2O2S/c1-12-11-23-17(19-12)14-7-5-6-13(10-14)16(22)20-15(8-9-21)18(2,3)4/h5-7,10-11,15,21H,8-9H2,1-4H3,(H,20,22). The quantitative estimate of drug-likeness (QED) is 0.878. The maximum atomic E-state index is 12.6. The molecule has 0 bridgehead atoms. The number of aliphatic hydroxyl groups is 1. The smallest absolute Gasteiger partial charge is 0.251 e. The van der Waals surface area contributed by atoms with Crippen molar-refractivity contribution < 1.29 is 9.90 Å². The fourth-order valence-corrected chi connectivity index (χ4v) is 3.17. The lowest BCUT2D eigenvalue weighted by atomic mass is 9.84. The highest BCUT2D eigenvalue weighted by Gasteiger charge is 2.26. The number of nitrogens with one attached hydrogen (secondary N) is 1. The summed E-state index contributed by atoms with van der Waals surface area (Å²) in [7, 11) is 0. The Balaban J connectivity index is 2.19. The molecule has 0 radical (unpaired) electrons. The van der Waals surface area contributed by atoms with E-state index in [0.29, 0.717) is 12.0 Å². The van der Waals surface area contributed by atoms with Crippen molar-refractivity contribution in [2.24, 2.45) is 5.41 Å². The first-order chi connectivity index (χ1) is 10.8.